The third kappa shape index (κ3) is 5.14. The Bertz CT molecular complexity index is 207. The second-order valence-electron chi connectivity index (χ2n) is 5.98. The van der Waals surface area contributed by atoms with Crippen LogP contribution in [0.1, 0.15) is 72.1 Å². The van der Waals surface area contributed by atoms with Crippen LogP contribution in [0.5, 0.6) is 0 Å². The van der Waals surface area contributed by atoms with E-state index in [0.29, 0.717) is 11.7 Å². The molecule has 0 bridgehead atoms. The molecule has 1 saturated carbocycles. The highest BCUT2D eigenvalue weighted by Gasteiger charge is 2.21. The Morgan fingerprint density at radius 2 is 1.94 bits per heavy atom. The first-order valence-corrected chi connectivity index (χ1v) is 7.13. The lowest BCUT2D eigenvalue weighted by Gasteiger charge is -2.28. The van der Waals surface area contributed by atoms with Crippen LogP contribution in [0.2, 0.25) is 0 Å². The standard InChI is InChI=1S/C15H28O/c1-4-13-6-5-7-14(11-13)8-9-15(16)10-12(2)3/h12-14H,4-11H2,1-3H3. The lowest BCUT2D eigenvalue weighted by molar-refractivity contribution is -0.120. The first kappa shape index (κ1) is 13.7. The normalized spacial score (nSPS) is 26.0. The summed E-state index contributed by atoms with van der Waals surface area (Å²) in [6.07, 6.45) is 9.66. The SMILES string of the molecule is CCC1CCCC(CCC(=O)CC(C)C)C1. The molecular weight excluding hydrogens is 196 g/mol. The molecule has 0 N–H and O–H groups in total. The highest BCUT2D eigenvalue weighted by Crippen LogP contribution is 2.33. The third-order valence-corrected chi connectivity index (χ3v) is 3.94. The summed E-state index contributed by atoms with van der Waals surface area (Å²) >= 11 is 0. The van der Waals surface area contributed by atoms with Crippen molar-refractivity contribution in [3.63, 3.8) is 0 Å². The van der Waals surface area contributed by atoms with E-state index in [1.807, 2.05) is 0 Å². The molecule has 1 nitrogen and oxygen atoms in total. The summed E-state index contributed by atoms with van der Waals surface area (Å²) in [7, 11) is 0. The van der Waals surface area contributed by atoms with Crippen LogP contribution in [0.25, 0.3) is 0 Å². The topological polar surface area (TPSA) is 17.1 Å². The van der Waals surface area contributed by atoms with Gasteiger partial charge in [-0.25, -0.2) is 0 Å². The van der Waals surface area contributed by atoms with Gasteiger partial charge in [-0.05, 0) is 30.6 Å². The van der Waals surface area contributed by atoms with Crippen molar-refractivity contribution in [2.75, 3.05) is 0 Å². The predicted octanol–water partition coefficient (Wildman–Crippen LogP) is 4.60. The van der Waals surface area contributed by atoms with Crippen LogP contribution in [0.15, 0.2) is 0 Å². The molecular formula is C15H28O. The van der Waals surface area contributed by atoms with Gasteiger partial charge >= 0.3 is 0 Å². The van der Waals surface area contributed by atoms with E-state index < -0.39 is 0 Å². The number of hydrogen-bond acceptors (Lipinski definition) is 1. The number of hydrogen-bond donors (Lipinski definition) is 0. The molecule has 1 aliphatic rings. The fraction of sp³-hybridized carbons (Fsp3) is 0.933. The van der Waals surface area contributed by atoms with Crippen molar-refractivity contribution >= 4 is 5.78 Å². The van der Waals surface area contributed by atoms with Crippen LogP contribution >= 0.6 is 0 Å². The molecule has 1 aliphatic carbocycles. The van der Waals surface area contributed by atoms with E-state index in [1.165, 1.54) is 32.1 Å². The van der Waals surface area contributed by atoms with Gasteiger partial charge in [-0.3, -0.25) is 4.79 Å². The van der Waals surface area contributed by atoms with Gasteiger partial charge in [0.2, 0.25) is 0 Å². The zero-order valence-corrected chi connectivity index (χ0v) is 11.3. The second-order valence-corrected chi connectivity index (χ2v) is 5.98. The van der Waals surface area contributed by atoms with Gasteiger partial charge in [0.25, 0.3) is 0 Å². The molecule has 0 aromatic rings. The maximum atomic E-state index is 11.6. The fourth-order valence-electron chi connectivity index (χ4n) is 2.96. The number of rotatable bonds is 6. The quantitative estimate of drug-likeness (QED) is 0.644. The van der Waals surface area contributed by atoms with E-state index >= 15 is 0 Å². The average molecular weight is 224 g/mol. The summed E-state index contributed by atoms with van der Waals surface area (Å²) in [5.74, 6) is 2.80. The summed E-state index contributed by atoms with van der Waals surface area (Å²) in [4.78, 5) is 11.6. The van der Waals surface area contributed by atoms with Crippen molar-refractivity contribution < 1.29 is 4.79 Å². The van der Waals surface area contributed by atoms with Crippen LogP contribution in [-0.2, 0) is 4.79 Å². The highest BCUT2D eigenvalue weighted by molar-refractivity contribution is 5.78. The molecule has 2 atom stereocenters. The monoisotopic (exact) mass is 224 g/mol. The van der Waals surface area contributed by atoms with Crippen molar-refractivity contribution in [1.29, 1.82) is 0 Å². The van der Waals surface area contributed by atoms with Gasteiger partial charge in [-0.15, -0.1) is 0 Å². The average Bonchev–Trinajstić information content (AvgIpc) is 2.26. The third-order valence-electron chi connectivity index (χ3n) is 3.94. The summed E-state index contributed by atoms with van der Waals surface area (Å²) in [6, 6.07) is 0. The van der Waals surface area contributed by atoms with Crippen LogP contribution in [0.3, 0.4) is 0 Å². The van der Waals surface area contributed by atoms with E-state index in [-0.39, 0.29) is 0 Å². The second kappa shape index (κ2) is 7.09. The summed E-state index contributed by atoms with van der Waals surface area (Å²) in [5.41, 5.74) is 0. The molecule has 0 radical (unpaired) electrons. The van der Waals surface area contributed by atoms with Crippen LogP contribution in [0, 0.1) is 17.8 Å². The molecule has 0 spiro atoms. The largest absolute Gasteiger partial charge is 0.300 e. The minimum Gasteiger partial charge on any atom is -0.300 e. The maximum absolute atomic E-state index is 11.6. The number of carbonyl (C=O) groups excluding carboxylic acids is 1. The Kier molecular flexibility index (Phi) is 6.08. The van der Waals surface area contributed by atoms with E-state index in [2.05, 4.69) is 20.8 Å². The molecule has 0 aromatic heterocycles. The Morgan fingerprint density at radius 1 is 1.25 bits per heavy atom. The van der Waals surface area contributed by atoms with Crippen molar-refractivity contribution in [2.45, 2.75) is 72.1 Å². The number of Topliss-reactive ketones (excluding diaryl/α,β-unsaturated/α-hetero) is 1. The van der Waals surface area contributed by atoms with Gasteiger partial charge in [0.1, 0.15) is 5.78 Å². The van der Waals surface area contributed by atoms with Crippen molar-refractivity contribution in [3.05, 3.63) is 0 Å². The maximum Gasteiger partial charge on any atom is 0.133 e. The first-order chi connectivity index (χ1) is 7.61. The Balaban J connectivity index is 2.19. The van der Waals surface area contributed by atoms with Gasteiger partial charge in [-0.1, -0.05) is 46.5 Å². The molecule has 0 aliphatic heterocycles. The Morgan fingerprint density at radius 3 is 2.56 bits per heavy atom. The molecule has 2 unspecified atom stereocenters. The highest BCUT2D eigenvalue weighted by atomic mass is 16.1. The van der Waals surface area contributed by atoms with Gasteiger partial charge in [-0.2, -0.15) is 0 Å². The van der Waals surface area contributed by atoms with Crippen molar-refractivity contribution in [1.82, 2.24) is 0 Å². The van der Waals surface area contributed by atoms with Crippen LogP contribution in [0.4, 0.5) is 0 Å². The van der Waals surface area contributed by atoms with Crippen LogP contribution < -0.4 is 0 Å². The molecule has 1 fully saturated rings. The molecule has 0 aromatic carbocycles. The molecule has 0 saturated heterocycles. The summed E-state index contributed by atoms with van der Waals surface area (Å²) < 4.78 is 0. The van der Waals surface area contributed by atoms with Gasteiger partial charge in [0.15, 0.2) is 0 Å². The summed E-state index contributed by atoms with van der Waals surface area (Å²) in [5, 5.41) is 0. The molecule has 0 amide bonds. The van der Waals surface area contributed by atoms with E-state index in [4.69, 9.17) is 0 Å². The predicted molar refractivity (Wildman–Crippen MR) is 69.4 cm³/mol. The molecule has 16 heavy (non-hydrogen) atoms. The van der Waals surface area contributed by atoms with E-state index in [1.54, 1.807) is 0 Å². The van der Waals surface area contributed by atoms with Crippen LogP contribution in [-0.4, -0.2) is 5.78 Å². The molecule has 0 heterocycles. The first-order valence-electron chi connectivity index (χ1n) is 7.13. The van der Waals surface area contributed by atoms with Gasteiger partial charge < -0.3 is 0 Å². The van der Waals surface area contributed by atoms with Gasteiger partial charge in [0, 0.05) is 12.8 Å². The zero-order chi connectivity index (χ0) is 12.0. The molecule has 1 heteroatoms. The van der Waals surface area contributed by atoms with E-state index in [0.717, 1.165) is 31.1 Å². The lowest BCUT2D eigenvalue weighted by Crippen LogP contribution is -2.16. The fourth-order valence-corrected chi connectivity index (χ4v) is 2.96. The van der Waals surface area contributed by atoms with Crippen molar-refractivity contribution in [3.8, 4) is 0 Å². The minimum absolute atomic E-state index is 0.480. The number of ketones is 1. The van der Waals surface area contributed by atoms with Gasteiger partial charge in [0.05, 0.1) is 0 Å². The van der Waals surface area contributed by atoms with Crippen molar-refractivity contribution in [2.24, 2.45) is 17.8 Å². The Hall–Kier alpha value is -0.330. The summed E-state index contributed by atoms with van der Waals surface area (Å²) in [6.45, 7) is 6.56. The smallest absolute Gasteiger partial charge is 0.133 e. The zero-order valence-electron chi connectivity index (χ0n) is 11.3. The Labute approximate surface area is 101 Å². The minimum atomic E-state index is 0.480. The molecule has 1 rings (SSSR count). The molecule has 94 valence electrons. The van der Waals surface area contributed by atoms with E-state index in [9.17, 15) is 4.79 Å². The number of carbonyl (C=O) groups is 1. The lowest BCUT2D eigenvalue weighted by atomic mass is 9.78.